The quantitative estimate of drug-likeness (QED) is 0.363. The van der Waals surface area contributed by atoms with E-state index in [1.807, 2.05) is 12.1 Å². The van der Waals surface area contributed by atoms with Crippen LogP contribution in [0.5, 0.6) is 5.75 Å². The number of ketones is 1. The van der Waals surface area contributed by atoms with Gasteiger partial charge in [0.2, 0.25) is 0 Å². The number of aromatic nitrogens is 2. The number of carbonyl (C=O) groups excluding carboxylic acids is 2. The molecule has 0 aliphatic carbocycles. The zero-order chi connectivity index (χ0) is 27.9. The number of carbonyl (C=O) groups is 3. The number of amides is 1. The molecule has 9 nitrogen and oxygen atoms in total. The third-order valence-electron chi connectivity index (χ3n) is 6.99. The molecule has 0 radical (unpaired) electrons. The number of aromatic hydroxyl groups is 1. The average Bonchev–Trinajstić information content (AvgIpc) is 2.91. The van der Waals surface area contributed by atoms with E-state index in [-0.39, 0.29) is 17.2 Å². The number of nitrogens with one attached hydrogen (secondary N) is 1. The number of aliphatic carboxylic acids is 1. The summed E-state index contributed by atoms with van der Waals surface area (Å²) in [5.41, 5.74) is 4.77. The maximum absolute atomic E-state index is 12.3. The summed E-state index contributed by atoms with van der Waals surface area (Å²) in [7, 11) is 0. The lowest BCUT2D eigenvalue weighted by Gasteiger charge is -2.33. The smallest absolute Gasteiger partial charge is 0.322 e. The number of hydrogen-bond donors (Lipinski definition) is 3. The van der Waals surface area contributed by atoms with Crippen molar-refractivity contribution in [2.45, 2.75) is 46.0 Å². The number of benzene rings is 2. The molecule has 0 atom stereocenters. The first-order valence-electron chi connectivity index (χ1n) is 13.2. The normalized spacial score (nSPS) is 13.7. The predicted octanol–water partition coefficient (Wildman–Crippen LogP) is 3.49. The Bertz CT molecular complexity index is 1330. The van der Waals surface area contributed by atoms with Gasteiger partial charge in [-0.15, -0.1) is 0 Å². The second-order valence-corrected chi connectivity index (χ2v) is 10.2. The summed E-state index contributed by atoms with van der Waals surface area (Å²) in [6.07, 6.45) is 3.78. The van der Waals surface area contributed by atoms with Crippen molar-refractivity contribution in [3.8, 4) is 5.75 Å². The van der Waals surface area contributed by atoms with Crippen molar-refractivity contribution in [3.05, 3.63) is 82.4 Å². The molecule has 0 saturated carbocycles. The Kier molecular flexibility index (Phi) is 8.91. The second-order valence-electron chi connectivity index (χ2n) is 10.2. The van der Waals surface area contributed by atoms with Crippen LogP contribution in [0, 0.1) is 12.8 Å². The molecule has 3 aromatic rings. The molecule has 9 heteroatoms. The number of carboxylic acid groups (broad SMARTS) is 1. The molecule has 3 N–H and O–H groups in total. The van der Waals surface area contributed by atoms with Crippen LogP contribution in [0.1, 0.15) is 58.5 Å². The second kappa shape index (κ2) is 12.5. The lowest BCUT2D eigenvalue weighted by Crippen LogP contribution is -2.34. The van der Waals surface area contributed by atoms with Gasteiger partial charge in [-0.3, -0.25) is 14.4 Å². The third-order valence-corrected chi connectivity index (χ3v) is 6.99. The van der Waals surface area contributed by atoms with Crippen molar-refractivity contribution in [1.29, 1.82) is 0 Å². The molecule has 1 amide bonds. The van der Waals surface area contributed by atoms with Gasteiger partial charge in [0.15, 0.2) is 11.4 Å². The van der Waals surface area contributed by atoms with E-state index in [0.717, 1.165) is 37.9 Å². The zero-order valence-electron chi connectivity index (χ0n) is 22.3. The lowest BCUT2D eigenvalue weighted by atomic mass is 9.92. The van der Waals surface area contributed by atoms with Gasteiger partial charge in [0.05, 0.1) is 5.69 Å². The molecule has 1 aromatic heterocycles. The standard InChI is InChI=1S/C30H34N4O5/c1-19(35)15-21-3-5-22(6-4-21)16-23-7-9-25(10-8-23)34-13-11-24(12-14-34)17-26-32-20(2)29(38)28(33-26)30(39)31-18-27(36)37/h3-10,24,38H,11-18H2,1-2H3,(H,31,39)(H,36,37). The van der Waals surface area contributed by atoms with E-state index in [0.29, 0.717) is 30.3 Å². The van der Waals surface area contributed by atoms with Gasteiger partial charge in [-0.25, -0.2) is 9.97 Å². The van der Waals surface area contributed by atoms with Crippen LogP contribution < -0.4 is 10.2 Å². The number of carboxylic acids is 1. The number of piperidine rings is 1. The van der Waals surface area contributed by atoms with Gasteiger partial charge >= 0.3 is 5.97 Å². The fourth-order valence-corrected chi connectivity index (χ4v) is 4.89. The van der Waals surface area contributed by atoms with E-state index in [1.165, 1.54) is 16.8 Å². The summed E-state index contributed by atoms with van der Waals surface area (Å²) in [5.74, 6) is -1.26. The van der Waals surface area contributed by atoms with Gasteiger partial charge in [-0.2, -0.15) is 0 Å². The Morgan fingerprint density at radius 2 is 1.54 bits per heavy atom. The van der Waals surface area contributed by atoms with Crippen LogP contribution >= 0.6 is 0 Å². The number of anilines is 1. The molecule has 2 aromatic carbocycles. The zero-order valence-corrected chi connectivity index (χ0v) is 22.3. The maximum Gasteiger partial charge on any atom is 0.322 e. The minimum absolute atomic E-state index is 0.166. The van der Waals surface area contributed by atoms with Crippen LogP contribution in [0.3, 0.4) is 0 Å². The van der Waals surface area contributed by atoms with Crippen LogP contribution in [0.25, 0.3) is 0 Å². The fraction of sp³-hybridized carbons (Fsp3) is 0.367. The van der Waals surface area contributed by atoms with Gasteiger partial charge in [0.25, 0.3) is 5.91 Å². The summed E-state index contributed by atoms with van der Waals surface area (Å²) >= 11 is 0. The molecule has 1 aliphatic heterocycles. The highest BCUT2D eigenvalue weighted by Crippen LogP contribution is 2.27. The molecular weight excluding hydrogens is 496 g/mol. The van der Waals surface area contributed by atoms with Crippen LogP contribution in [0.15, 0.2) is 48.5 Å². The molecule has 2 heterocycles. The molecule has 0 spiro atoms. The topological polar surface area (TPSA) is 133 Å². The Morgan fingerprint density at radius 1 is 0.949 bits per heavy atom. The predicted molar refractivity (Wildman–Crippen MR) is 147 cm³/mol. The van der Waals surface area contributed by atoms with E-state index in [4.69, 9.17) is 5.11 Å². The highest BCUT2D eigenvalue weighted by Gasteiger charge is 2.23. The minimum Gasteiger partial charge on any atom is -0.504 e. The SMILES string of the molecule is CC(=O)Cc1ccc(Cc2ccc(N3CCC(Cc4nc(C)c(O)c(C(=O)NCC(=O)O)n4)CC3)cc2)cc1. The van der Waals surface area contributed by atoms with Crippen LogP contribution in [-0.4, -0.2) is 57.5 Å². The van der Waals surface area contributed by atoms with E-state index < -0.39 is 18.4 Å². The number of aryl methyl sites for hydroxylation is 1. The van der Waals surface area contributed by atoms with Crippen LogP contribution in [0.2, 0.25) is 0 Å². The van der Waals surface area contributed by atoms with E-state index in [1.54, 1.807) is 13.8 Å². The Hall–Kier alpha value is -4.27. The molecule has 1 fully saturated rings. The van der Waals surface area contributed by atoms with Gasteiger partial charge in [-0.1, -0.05) is 36.4 Å². The Morgan fingerprint density at radius 3 is 2.13 bits per heavy atom. The molecule has 0 unspecified atom stereocenters. The third kappa shape index (κ3) is 7.63. The van der Waals surface area contributed by atoms with Crippen molar-refractivity contribution in [1.82, 2.24) is 15.3 Å². The maximum atomic E-state index is 12.3. The van der Waals surface area contributed by atoms with E-state index >= 15 is 0 Å². The summed E-state index contributed by atoms with van der Waals surface area (Å²) in [6, 6.07) is 16.9. The first kappa shape index (κ1) is 27.8. The molecule has 4 rings (SSSR count). The monoisotopic (exact) mass is 530 g/mol. The fourth-order valence-electron chi connectivity index (χ4n) is 4.89. The molecule has 39 heavy (non-hydrogen) atoms. The highest BCUT2D eigenvalue weighted by molar-refractivity contribution is 5.96. The van der Waals surface area contributed by atoms with Crippen molar-refractivity contribution in [2.75, 3.05) is 24.5 Å². The molecule has 204 valence electrons. The summed E-state index contributed by atoms with van der Waals surface area (Å²) in [6.45, 7) is 4.44. The lowest BCUT2D eigenvalue weighted by molar-refractivity contribution is -0.135. The van der Waals surface area contributed by atoms with Crippen LogP contribution in [0.4, 0.5) is 5.69 Å². The Balaban J connectivity index is 1.31. The molecule has 0 bridgehead atoms. The first-order valence-corrected chi connectivity index (χ1v) is 13.2. The minimum atomic E-state index is -1.17. The largest absolute Gasteiger partial charge is 0.504 e. The number of nitrogens with zero attached hydrogens (tertiary/aromatic N) is 3. The first-order chi connectivity index (χ1) is 18.7. The van der Waals surface area contributed by atoms with E-state index in [9.17, 15) is 19.5 Å². The average molecular weight is 531 g/mol. The van der Waals surface area contributed by atoms with Gasteiger partial charge < -0.3 is 20.4 Å². The summed E-state index contributed by atoms with van der Waals surface area (Å²) in [4.78, 5) is 45.3. The number of hydrogen-bond acceptors (Lipinski definition) is 7. The highest BCUT2D eigenvalue weighted by atomic mass is 16.4. The molecule has 1 aliphatic rings. The summed E-state index contributed by atoms with van der Waals surface area (Å²) in [5, 5.41) is 21.2. The van der Waals surface area contributed by atoms with Crippen LogP contribution in [-0.2, 0) is 28.9 Å². The number of rotatable bonds is 10. The number of Topliss-reactive ketones (excluding diaryl/α,β-unsaturated/α-hetero) is 1. The molecular formula is C30H34N4O5. The van der Waals surface area contributed by atoms with Gasteiger partial charge in [0, 0.05) is 31.6 Å². The van der Waals surface area contributed by atoms with Gasteiger partial charge in [0.1, 0.15) is 18.2 Å². The Labute approximate surface area is 227 Å². The molecule has 1 saturated heterocycles. The van der Waals surface area contributed by atoms with Crippen molar-refractivity contribution < 1.29 is 24.6 Å². The van der Waals surface area contributed by atoms with Crippen molar-refractivity contribution >= 4 is 23.3 Å². The van der Waals surface area contributed by atoms with Gasteiger partial charge in [-0.05, 0) is 67.9 Å². The van der Waals surface area contributed by atoms with E-state index in [2.05, 4.69) is 56.6 Å². The van der Waals surface area contributed by atoms with Crippen molar-refractivity contribution in [3.63, 3.8) is 0 Å². The summed E-state index contributed by atoms with van der Waals surface area (Å²) < 4.78 is 0. The van der Waals surface area contributed by atoms with Crippen molar-refractivity contribution in [2.24, 2.45) is 5.92 Å².